The van der Waals surface area contributed by atoms with Crippen LogP contribution >= 0.6 is 0 Å². The van der Waals surface area contributed by atoms with Crippen LogP contribution in [0.4, 0.5) is 19.0 Å². The third-order valence-electron chi connectivity index (χ3n) is 6.56. The highest BCUT2D eigenvalue weighted by Crippen LogP contribution is 2.32. The first-order chi connectivity index (χ1) is 17.2. The van der Waals surface area contributed by atoms with Crippen molar-refractivity contribution < 1.29 is 27.9 Å². The number of rotatable bonds is 3. The molecule has 1 aliphatic heterocycles. The van der Waals surface area contributed by atoms with E-state index in [0.29, 0.717) is 31.2 Å². The zero-order chi connectivity index (χ0) is 25.7. The topological polar surface area (TPSA) is 112 Å². The number of nitrogens with zero attached hydrogens (tertiary/aromatic N) is 5. The summed E-state index contributed by atoms with van der Waals surface area (Å²) in [7, 11) is 0. The molecule has 36 heavy (non-hydrogen) atoms. The smallest absolute Gasteiger partial charge is 0.393 e. The Bertz CT molecular complexity index is 1060. The highest BCUT2D eigenvalue weighted by Gasteiger charge is 2.35. The van der Waals surface area contributed by atoms with E-state index in [4.69, 9.17) is 0 Å². The van der Waals surface area contributed by atoms with Gasteiger partial charge in [-0.3, -0.25) is 14.6 Å². The minimum absolute atomic E-state index is 0.0548. The van der Waals surface area contributed by atoms with E-state index in [1.807, 2.05) is 0 Å². The van der Waals surface area contributed by atoms with Gasteiger partial charge in [-0.05, 0) is 37.8 Å². The molecule has 2 aliphatic rings. The van der Waals surface area contributed by atoms with Gasteiger partial charge in [0, 0.05) is 69.1 Å². The largest absolute Gasteiger partial charge is 0.433 e. The Morgan fingerprint density at radius 3 is 2.56 bits per heavy atom. The number of hydrogen-bond donors (Lipinski definition) is 2. The minimum atomic E-state index is -4.69. The number of carbonyl (C=O) groups excluding carboxylic acids is 2. The van der Waals surface area contributed by atoms with E-state index in [1.54, 1.807) is 21.9 Å². The number of aromatic nitrogens is 3. The van der Waals surface area contributed by atoms with E-state index in [-0.39, 0.29) is 68.5 Å². The second kappa shape index (κ2) is 11.2. The molecular weight excluding hydrogens is 477 g/mol. The summed E-state index contributed by atoms with van der Waals surface area (Å²) >= 11 is 0. The van der Waals surface area contributed by atoms with Gasteiger partial charge in [-0.2, -0.15) is 13.2 Å². The summed E-state index contributed by atoms with van der Waals surface area (Å²) in [6.07, 6.45) is 0.205. The van der Waals surface area contributed by atoms with E-state index in [1.165, 1.54) is 12.4 Å². The second-order valence-electron chi connectivity index (χ2n) is 9.09. The van der Waals surface area contributed by atoms with Crippen LogP contribution in [0.15, 0.2) is 30.6 Å². The molecule has 0 bridgehead atoms. The summed E-state index contributed by atoms with van der Waals surface area (Å²) in [5.74, 6) is -0.615. The zero-order valence-corrected chi connectivity index (χ0v) is 19.7. The van der Waals surface area contributed by atoms with Gasteiger partial charge in [-0.1, -0.05) is 0 Å². The first-order valence-corrected chi connectivity index (χ1v) is 12.1. The van der Waals surface area contributed by atoms with Gasteiger partial charge in [0.15, 0.2) is 11.5 Å². The maximum Gasteiger partial charge on any atom is 0.433 e. The Balaban J connectivity index is 1.61. The lowest BCUT2D eigenvalue weighted by molar-refractivity contribution is -0.141. The molecule has 1 saturated heterocycles. The lowest BCUT2D eigenvalue weighted by atomic mass is 9.86. The van der Waals surface area contributed by atoms with Gasteiger partial charge in [0.25, 0.3) is 0 Å². The normalized spacial score (nSPS) is 22.2. The second-order valence-corrected chi connectivity index (χ2v) is 9.09. The van der Waals surface area contributed by atoms with Crippen molar-refractivity contribution in [3.63, 3.8) is 0 Å². The minimum Gasteiger partial charge on any atom is -0.393 e. The molecule has 9 nitrogen and oxygen atoms in total. The van der Waals surface area contributed by atoms with Crippen LogP contribution in [0.25, 0.3) is 11.4 Å². The van der Waals surface area contributed by atoms with E-state index < -0.39 is 18.0 Å². The van der Waals surface area contributed by atoms with Crippen molar-refractivity contribution in [3.8, 4) is 11.4 Å². The van der Waals surface area contributed by atoms with Crippen molar-refractivity contribution in [2.45, 2.75) is 44.4 Å². The maximum absolute atomic E-state index is 13.7. The number of aliphatic hydroxyl groups excluding tert-OH is 1. The number of alkyl halides is 3. The molecule has 2 amide bonds. The number of amides is 2. The monoisotopic (exact) mass is 506 g/mol. The van der Waals surface area contributed by atoms with Crippen LogP contribution < -0.4 is 10.2 Å². The Kier molecular flexibility index (Phi) is 8.02. The lowest BCUT2D eigenvalue weighted by Crippen LogP contribution is -2.47. The molecule has 1 saturated carbocycles. The summed E-state index contributed by atoms with van der Waals surface area (Å²) in [6, 6.07) is 4.06. The summed E-state index contributed by atoms with van der Waals surface area (Å²) in [5, 5.41) is 12.5. The van der Waals surface area contributed by atoms with Crippen LogP contribution in [0.3, 0.4) is 0 Å². The Labute approximate surface area is 206 Å². The summed E-state index contributed by atoms with van der Waals surface area (Å²) < 4.78 is 41.1. The molecule has 0 spiro atoms. The number of nitrogens with one attached hydrogen (secondary N) is 1. The molecule has 2 aromatic rings. The molecule has 194 valence electrons. The van der Waals surface area contributed by atoms with E-state index in [2.05, 4.69) is 20.3 Å². The van der Waals surface area contributed by atoms with E-state index in [0.717, 1.165) is 6.07 Å². The molecule has 0 aromatic carbocycles. The number of halogens is 3. The van der Waals surface area contributed by atoms with Crippen LogP contribution in [0, 0.1) is 5.92 Å². The number of anilines is 1. The van der Waals surface area contributed by atoms with Gasteiger partial charge in [0.2, 0.25) is 11.8 Å². The van der Waals surface area contributed by atoms with Gasteiger partial charge in [0.1, 0.15) is 5.82 Å². The predicted octanol–water partition coefficient (Wildman–Crippen LogP) is 2.26. The van der Waals surface area contributed by atoms with Crippen molar-refractivity contribution in [2.75, 3.05) is 37.6 Å². The van der Waals surface area contributed by atoms with Gasteiger partial charge >= 0.3 is 6.18 Å². The Morgan fingerprint density at radius 2 is 1.86 bits per heavy atom. The summed E-state index contributed by atoms with van der Waals surface area (Å²) in [5.41, 5.74) is -0.739. The molecule has 2 N–H and O–H groups in total. The zero-order valence-electron chi connectivity index (χ0n) is 19.7. The van der Waals surface area contributed by atoms with Crippen molar-refractivity contribution >= 4 is 17.6 Å². The molecule has 0 radical (unpaired) electrons. The summed E-state index contributed by atoms with van der Waals surface area (Å²) in [4.78, 5) is 40.8. The van der Waals surface area contributed by atoms with Crippen LogP contribution in [-0.2, 0) is 15.8 Å². The van der Waals surface area contributed by atoms with Crippen molar-refractivity contribution in [1.82, 2.24) is 25.2 Å². The van der Waals surface area contributed by atoms with Crippen molar-refractivity contribution in [3.05, 3.63) is 36.3 Å². The third kappa shape index (κ3) is 6.48. The SMILES string of the molecule is O=C1CCN(C(=O)C2CCC(O)CC2)CCN(c2cc(C(F)(F)F)nc(-c3cccnc3)n2)CCN1. The average molecular weight is 507 g/mol. The third-order valence-corrected chi connectivity index (χ3v) is 6.56. The van der Waals surface area contributed by atoms with Crippen LogP contribution in [0.2, 0.25) is 0 Å². The first-order valence-electron chi connectivity index (χ1n) is 12.1. The Hall–Kier alpha value is -3.28. The van der Waals surface area contributed by atoms with Gasteiger partial charge in [-0.25, -0.2) is 9.97 Å². The van der Waals surface area contributed by atoms with E-state index in [9.17, 15) is 27.9 Å². The van der Waals surface area contributed by atoms with Crippen LogP contribution in [0.5, 0.6) is 0 Å². The predicted molar refractivity (Wildman–Crippen MR) is 125 cm³/mol. The van der Waals surface area contributed by atoms with Crippen molar-refractivity contribution in [2.24, 2.45) is 5.92 Å². The Morgan fingerprint density at radius 1 is 1.08 bits per heavy atom. The fourth-order valence-electron chi connectivity index (χ4n) is 4.52. The molecule has 4 rings (SSSR count). The molecule has 2 fully saturated rings. The number of aliphatic hydroxyl groups is 1. The van der Waals surface area contributed by atoms with Crippen LogP contribution in [0.1, 0.15) is 37.8 Å². The van der Waals surface area contributed by atoms with Gasteiger partial charge in [-0.15, -0.1) is 0 Å². The summed E-state index contributed by atoms with van der Waals surface area (Å²) in [6.45, 7) is 1.12. The molecular formula is C24H29F3N6O3. The maximum atomic E-state index is 13.7. The molecule has 1 aliphatic carbocycles. The fraction of sp³-hybridized carbons (Fsp3) is 0.542. The molecule has 12 heteroatoms. The number of pyridine rings is 1. The molecule has 0 unspecified atom stereocenters. The highest BCUT2D eigenvalue weighted by molar-refractivity contribution is 5.81. The van der Waals surface area contributed by atoms with Crippen LogP contribution in [-0.4, -0.2) is 75.6 Å². The van der Waals surface area contributed by atoms with Crippen molar-refractivity contribution in [1.29, 1.82) is 0 Å². The number of hydrogen-bond acceptors (Lipinski definition) is 7. The highest BCUT2D eigenvalue weighted by atomic mass is 19.4. The first kappa shape index (κ1) is 25.8. The van der Waals surface area contributed by atoms with Gasteiger partial charge < -0.3 is 20.2 Å². The van der Waals surface area contributed by atoms with E-state index >= 15 is 0 Å². The quantitative estimate of drug-likeness (QED) is 0.657. The number of carbonyl (C=O) groups is 2. The average Bonchev–Trinajstić information content (AvgIpc) is 2.87. The molecule has 0 atom stereocenters. The molecule has 3 heterocycles. The lowest BCUT2D eigenvalue weighted by Gasteiger charge is -2.34. The molecule has 2 aromatic heterocycles. The fourth-order valence-corrected chi connectivity index (χ4v) is 4.52. The van der Waals surface area contributed by atoms with Gasteiger partial charge in [0.05, 0.1) is 6.10 Å². The standard InChI is InChI=1S/C24H29F3N6O3/c25-24(26,27)19-14-20(31-22(30-19)17-2-1-8-28-15-17)32-11-9-29-21(35)7-10-33(13-12-32)23(36)16-3-5-18(34)6-4-16/h1-2,8,14-16,18,34H,3-7,9-13H2,(H,29,35).